The van der Waals surface area contributed by atoms with E-state index >= 15 is 0 Å². The second-order valence-electron chi connectivity index (χ2n) is 4.95. The number of fused-ring (bicyclic) bond motifs is 1. The third-order valence-electron chi connectivity index (χ3n) is 3.76. The summed E-state index contributed by atoms with van der Waals surface area (Å²) >= 11 is 0. The fraction of sp³-hybridized carbons (Fsp3) is 0.500. The van der Waals surface area contributed by atoms with Gasteiger partial charge < -0.3 is 14.6 Å². The SMILES string of the molecule is COc1ccc2c(c1)OC[C@](CO)(C(C)C)C2=O. The number of aliphatic hydroxyl groups excluding tert-OH is 1. The van der Waals surface area contributed by atoms with E-state index in [2.05, 4.69) is 0 Å². The van der Waals surface area contributed by atoms with E-state index in [1.54, 1.807) is 25.3 Å². The fourth-order valence-corrected chi connectivity index (χ4v) is 2.21. The second kappa shape index (κ2) is 4.61. The maximum absolute atomic E-state index is 12.5. The van der Waals surface area contributed by atoms with Crippen molar-refractivity contribution in [3.63, 3.8) is 0 Å². The lowest BCUT2D eigenvalue weighted by molar-refractivity contribution is 0.0177. The van der Waals surface area contributed by atoms with Crippen LogP contribution in [-0.4, -0.2) is 31.2 Å². The molecule has 18 heavy (non-hydrogen) atoms. The minimum atomic E-state index is -0.832. The van der Waals surface area contributed by atoms with E-state index in [0.29, 0.717) is 17.1 Å². The molecule has 0 aromatic heterocycles. The number of carbonyl (C=O) groups excluding carboxylic acids is 1. The molecule has 0 radical (unpaired) electrons. The number of hydrogen-bond donors (Lipinski definition) is 1. The fourth-order valence-electron chi connectivity index (χ4n) is 2.21. The van der Waals surface area contributed by atoms with Gasteiger partial charge in [-0.3, -0.25) is 4.79 Å². The third-order valence-corrected chi connectivity index (χ3v) is 3.76. The molecular formula is C14H18O4. The van der Waals surface area contributed by atoms with Gasteiger partial charge in [0, 0.05) is 6.07 Å². The average Bonchev–Trinajstić information content (AvgIpc) is 2.39. The van der Waals surface area contributed by atoms with E-state index in [1.807, 2.05) is 13.8 Å². The van der Waals surface area contributed by atoms with Crippen LogP contribution in [0.2, 0.25) is 0 Å². The summed E-state index contributed by atoms with van der Waals surface area (Å²) in [5.41, 5.74) is -0.313. The second-order valence-corrected chi connectivity index (χ2v) is 4.95. The van der Waals surface area contributed by atoms with Gasteiger partial charge in [0.25, 0.3) is 0 Å². The van der Waals surface area contributed by atoms with Crippen molar-refractivity contribution in [2.45, 2.75) is 13.8 Å². The zero-order chi connectivity index (χ0) is 13.3. The van der Waals surface area contributed by atoms with Gasteiger partial charge in [-0.2, -0.15) is 0 Å². The van der Waals surface area contributed by atoms with Gasteiger partial charge in [0.2, 0.25) is 0 Å². The van der Waals surface area contributed by atoms with Crippen LogP contribution < -0.4 is 9.47 Å². The maximum atomic E-state index is 12.5. The Labute approximate surface area is 107 Å². The number of Topliss-reactive ketones (excluding diaryl/α,β-unsaturated/α-hetero) is 1. The summed E-state index contributed by atoms with van der Waals surface area (Å²) < 4.78 is 10.7. The number of ether oxygens (including phenoxy) is 2. The van der Waals surface area contributed by atoms with E-state index in [0.717, 1.165) is 0 Å². The normalized spacial score (nSPS) is 22.6. The van der Waals surface area contributed by atoms with Crippen LogP contribution in [0.5, 0.6) is 11.5 Å². The van der Waals surface area contributed by atoms with Crippen LogP contribution in [-0.2, 0) is 0 Å². The van der Waals surface area contributed by atoms with E-state index < -0.39 is 5.41 Å². The van der Waals surface area contributed by atoms with Crippen molar-refractivity contribution in [1.82, 2.24) is 0 Å². The summed E-state index contributed by atoms with van der Waals surface area (Å²) in [5, 5.41) is 9.58. The van der Waals surface area contributed by atoms with Gasteiger partial charge in [-0.05, 0) is 18.1 Å². The number of ketones is 1. The first-order valence-electron chi connectivity index (χ1n) is 6.01. The van der Waals surface area contributed by atoms with Crippen molar-refractivity contribution in [3.05, 3.63) is 23.8 Å². The molecule has 1 aromatic rings. The van der Waals surface area contributed by atoms with Gasteiger partial charge in [0.15, 0.2) is 5.78 Å². The molecule has 1 atom stereocenters. The van der Waals surface area contributed by atoms with E-state index in [-0.39, 0.29) is 24.9 Å². The molecule has 0 bridgehead atoms. The summed E-state index contributed by atoms with van der Waals surface area (Å²) in [6.45, 7) is 3.85. The Bertz CT molecular complexity index is 467. The van der Waals surface area contributed by atoms with Crippen molar-refractivity contribution in [2.24, 2.45) is 11.3 Å². The van der Waals surface area contributed by atoms with E-state index in [4.69, 9.17) is 9.47 Å². The quantitative estimate of drug-likeness (QED) is 0.890. The molecule has 0 saturated carbocycles. The first kappa shape index (κ1) is 12.9. The molecule has 2 rings (SSSR count). The number of rotatable bonds is 3. The lowest BCUT2D eigenvalue weighted by Crippen LogP contribution is -2.47. The zero-order valence-corrected chi connectivity index (χ0v) is 10.9. The molecule has 1 aromatic carbocycles. The minimum absolute atomic E-state index is 0.0188. The van der Waals surface area contributed by atoms with Crippen LogP contribution in [0.1, 0.15) is 24.2 Å². The largest absolute Gasteiger partial charge is 0.497 e. The van der Waals surface area contributed by atoms with Crippen LogP contribution in [0.15, 0.2) is 18.2 Å². The van der Waals surface area contributed by atoms with E-state index in [1.165, 1.54) is 0 Å². The summed E-state index contributed by atoms with van der Waals surface area (Å²) in [6.07, 6.45) is 0. The molecule has 1 aliphatic rings. The van der Waals surface area contributed by atoms with Crippen molar-refractivity contribution in [3.8, 4) is 11.5 Å². The lowest BCUT2D eigenvalue weighted by Gasteiger charge is -2.38. The smallest absolute Gasteiger partial charge is 0.178 e. The van der Waals surface area contributed by atoms with Gasteiger partial charge >= 0.3 is 0 Å². The molecule has 1 heterocycles. The molecule has 1 N–H and O–H groups in total. The maximum Gasteiger partial charge on any atom is 0.178 e. The van der Waals surface area contributed by atoms with Crippen LogP contribution >= 0.6 is 0 Å². The van der Waals surface area contributed by atoms with Gasteiger partial charge in [-0.1, -0.05) is 13.8 Å². The predicted molar refractivity (Wildman–Crippen MR) is 67.2 cm³/mol. The number of hydrogen-bond acceptors (Lipinski definition) is 4. The van der Waals surface area contributed by atoms with Crippen molar-refractivity contribution in [2.75, 3.05) is 20.3 Å². The molecule has 0 unspecified atom stereocenters. The molecule has 1 aliphatic heterocycles. The summed E-state index contributed by atoms with van der Waals surface area (Å²) in [6, 6.07) is 5.13. The first-order chi connectivity index (χ1) is 8.55. The predicted octanol–water partition coefficient (Wildman–Crippen LogP) is 1.90. The molecule has 98 valence electrons. The van der Waals surface area contributed by atoms with Gasteiger partial charge in [0.05, 0.1) is 24.7 Å². The van der Waals surface area contributed by atoms with Crippen molar-refractivity contribution >= 4 is 5.78 Å². The summed E-state index contributed by atoms with van der Waals surface area (Å²) in [5.74, 6) is 1.15. The van der Waals surface area contributed by atoms with Crippen molar-refractivity contribution in [1.29, 1.82) is 0 Å². The van der Waals surface area contributed by atoms with Crippen LogP contribution in [0.3, 0.4) is 0 Å². The zero-order valence-electron chi connectivity index (χ0n) is 10.9. The van der Waals surface area contributed by atoms with Gasteiger partial charge in [0.1, 0.15) is 18.1 Å². The highest BCUT2D eigenvalue weighted by atomic mass is 16.5. The Hall–Kier alpha value is -1.55. The number of benzene rings is 1. The highest BCUT2D eigenvalue weighted by Crippen LogP contribution is 2.40. The Kier molecular flexibility index (Phi) is 3.30. The Morgan fingerprint density at radius 1 is 1.50 bits per heavy atom. The van der Waals surface area contributed by atoms with Crippen LogP contribution in [0.4, 0.5) is 0 Å². The first-order valence-corrected chi connectivity index (χ1v) is 6.01. The minimum Gasteiger partial charge on any atom is -0.497 e. The number of methoxy groups -OCH3 is 1. The van der Waals surface area contributed by atoms with Gasteiger partial charge in [-0.25, -0.2) is 0 Å². The molecule has 0 spiro atoms. The number of carbonyl (C=O) groups is 1. The highest BCUT2D eigenvalue weighted by molar-refractivity contribution is 6.04. The lowest BCUT2D eigenvalue weighted by atomic mass is 9.71. The van der Waals surface area contributed by atoms with Crippen molar-refractivity contribution < 1.29 is 19.4 Å². The molecule has 4 nitrogen and oxygen atoms in total. The highest BCUT2D eigenvalue weighted by Gasteiger charge is 2.46. The Morgan fingerprint density at radius 3 is 2.78 bits per heavy atom. The van der Waals surface area contributed by atoms with E-state index in [9.17, 15) is 9.90 Å². The average molecular weight is 250 g/mol. The molecule has 0 amide bonds. The topological polar surface area (TPSA) is 55.8 Å². The molecule has 0 saturated heterocycles. The Balaban J connectivity index is 2.45. The van der Waals surface area contributed by atoms with Crippen LogP contribution in [0.25, 0.3) is 0 Å². The molecule has 0 fully saturated rings. The summed E-state index contributed by atoms with van der Waals surface area (Å²) in [7, 11) is 1.57. The number of aliphatic hydroxyl groups is 1. The monoisotopic (exact) mass is 250 g/mol. The standard InChI is InChI=1S/C14H18O4/c1-9(2)14(7-15)8-18-12-6-10(17-3)4-5-11(12)13(14)16/h4-6,9,15H,7-8H2,1-3H3/t14-/m1/s1. The Morgan fingerprint density at radius 2 is 2.22 bits per heavy atom. The molecule has 0 aliphatic carbocycles. The third kappa shape index (κ3) is 1.77. The molecule has 4 heteroatoms. The summed E-state index contributed by atoms with van der Waals surface area (Å²) in [4.78, 5) is 12.5. The van der Waals surface area contributed by atoms with Gasteiger partial charge in [-0.15, -0.1) is 0 Å². The van der Waals surface area contributed by atoms with Crippen LogP contribution in [0, 0.1) is 11.3 Å². The molecular weight excluding hydrogens is 232 g/mol.